The van der Waals surface area contributed by atoms with E-state index in [0.29, 0.717) is 17.5 Å². The predicted molar refractivity (Wildman–Crippen MR) is 268 cm³/mol. The molecule has 4 heteroatoms. The molecule has 0 amide bonds. The number of fused-ring (bicyclic) bond motifs is 11. The molecule has 308 valence electrons. The highest BCUT2D eigenvalue weighted by Gasteiger charge is 2.46. The summed E-state index contributed by atoms with van der Waals surface area (Å²) >= 11 is 1.83. The molecule has 0 saturated heterocycles. The first-order valence-corrected chi connectivity index (χ1v) is 23.9. The third-order valence-electron chi connectivity index (χ3n) is 15.0. The monoisotopic (exact) mass is 841 g/mol. The fraction of sp³-hybridized carbons (Fsp3) is 0.183. The lowest BCUT2D eigenvalue weighted by molar-refractivity contribution is 0.353. The third-order valence-corrected chi connectivity index (χ3v) is 16.2. The van der Waals surface area contributed by atoms with Gasteiger partial charge >= 0.3 is 0 Å². The van der Waals surface area contributed by atoms with Crippen molar-refractivity contribution in [2.45, 2.75) is 69.6 Å². The summed E-state index contributed by atoms with van der Waals surface area (Å²) in [6.45, 7) is 4.82. The van der Waals surface area contributed by atoms with Crippen molar-refractivity contribution in [1.82, 2.24) is 15.0 Å². The average Bonchev–Trinajstić information content (AvgIpc) is 3.94. The molecule has 2 aromatic heterocycles. The van der Waals surface area contributed by atoms with E-state index in [-0.39, 0.29) is 10.8 Å². The summed E-state index contributed by atoms with van der Waals surface area (Å²) in [4.78, 5) is 15.4. The van der Waals surface area contributed by atoms with Crippen LogP contribution in [0.25, 0.3) is 93.3 Å². The minimum absolute atomic E-state index is 0.0348. The molecule has 4 aliphatic rings. The van der Waals surface area contributed by atoms with Gasteiger partial charge in [-0.1, -0.05) is 161 Å². The molecule has 13 rings (SSSR count). The predicted octanol–water partition coefficient (Wildman–Crippen LogP) is 16.2. The van der Waals surface area contributed by atoms with Gasteiger partial charge in [0, 0.05) is 47.7 Å². The highest BCUT2D eigenvalue weighted by Crippen LogP contribution is 2.60. The summed E-state index contributed by atoms with van der Waals surface area (Å²) in [5, 5.41) is 2.49. The number of rotatable bonds is 5. The summed E-state index contributed by atoms with van der Waals surface area (Å²) in [5.41, 5.74) is 19.8. The Morgan fingerprint density at radius 1 is 0.453 bits per heavy atom. The van der Waals surface area contributed by atoms with E-state index in [1.54, 1.807) is 5.56 Å². The summed E-state index contributed by atoms with van der Waals surface area (Å²) in [6, 6.07) is 54.3. The van der Waals surface area contributed by atoms with Crippen LogP contribution in [0.1, 0.15) is 86.6 Å². The second-order valence-electron chi connectivity index (χ2n) is 18.9. The van der Waals surface area contributed by atoms with E-state index in [9.17, 15) is 0 Å². The zero-order valence-electron chi connectivity index (χ0n) is 36.3. The van der Waals surface area contributed by atoms with Crippen molar-refractivity contribution in [1.29, 1.82) is 0 Å². The van der Waals surface area contributed by atoms with Gasteiger partial charge in [-0.05, 0) is 129 Å². The number of nitrogens with zero attached hydrogens (tertiary/aromatic N) is 3. The van der Waals surface area contributed by atoms with Crippen LogP contribution < -0.4 is 0 Å². The Morgan fingerprint density at radius 2 is 1.11 bits per heavy atom. The zero-order valence-corrected chi connectivity index (χ0v) is 37.1. The van der Waals surface area contributed by atoms with Crippen molar-refractivity contribution in [2.24, 2.45) is 0 Å². The van der Waals surface area contributed by atoms with E-state index < -0.39 is 0 Å². The van der Waals surface area contributed by atoms with E-state index in [0.717, 1.165) is 29.5 Å². The lowest BCUT2D eigenvalue weighted by atomic mass is 9.67. The van der Waals surface area contributed by atoms with Crippen LogP contribution in [0.15, 0.2) is 164 Å². The molecule has 3 nitrogen and oxygen atoms in total. The standard InChI is InChI=1S/C60H47N3S/c1-59(2)50-22-11-10-19-43(50)47-36-53-48(35-52(47)59)46-33-41(27-29-51(46)60(53)31-12-5-13-32-60)42-28-30-54-49(34-42)44-20-14-21-45(55(44)64-54)58-62-56(39-17-8-4-9-18-39)61-57(63-58)40-25-23-38(24-26-40)37-15-6-3-7-16-37/h4,6,8-11,14-30,33-36H,3,5,7,12-13,31-32H2,1-2H3. The molecule has 4 aliphatic carbocycles. The Kier molecular flexibility index (Phi) is 8.49. The molecule has 0 aliphatic heterocycles. The largest absolute Gasteiger partial charge is 0.208 e. The molecule has 7 aromatic carbocycles. The SMILES string of the molecule is CC1(C)c2ccccc2-c2cc3c(cc21)-c1cc(-c2ccc4sc5c(-c6nc(-c7ccccc7)nc(-c7ccc(C8=CCCC=C8)cc7)n6)cccc5c4c2)ccc1C31CCCCC1. The molecule has 1 saturated carbocycles. The Bertz CT molecular complexity index is 3430. The van der Waals surface area contributed by atoms with Crippen LogP contribution in [0.3, 0.4) is 0 Å². The average molecular weight is 842 g/mol. The van der Waals surface area contributed by atoms with E-state index in [1.165, 1.54) is 113 Å². The fourth-order valence-corrected chi connectivity index (χ4v) is 12.9. The first kappa shape index (κ1) is 37.8. The van der Waals surface area contributed by atoms with Crippen LogP contribution in [0.2, 0.25) is 0 Å². The molecule has 2 heterocycles. The summed E-state index contributed by atoms with van der Waals surface area (Å²) in [5.74, 6) is 2.04. The van der Waals surface area contributed by atoms with Gasteiger partial charge in [0.05, 0.1) is 0 Å². The van der Waals surface area contributed by atoms with Gasteiger partial charge in [0.25, 0.3) is 0 Å². The highest BCUT2D eigenvalue weighted by molar-refractivity contribution is 7.26. The quantitative estimate of drug-likeness (QED) is 0.173. The smallest absolute Gasteiger partial charge is 0.165 e. The molecule has 1 spiro atoms. The van der Waals surface area contributed by atoms with E-state index in [4.69, 9.17) is 15.0 Å². The zero-order chi connectivity index (χ0) is 42.6. The van der Waals surface area contributed by atoms with Crippen LogP contribution in [0.4, 0.5) is 0 Å². The minimum Gasteiger partial charge on any atom is -0.208 e. The maximum absolute atomic E-state index is 5.21. The van der Waals surface area contributed by atoms with Crippen molar-refractivity contribution in [3.8, 4) is 67.5 Å². The van der Waals surface area contributed by atoms with Crippen LogP contribution in [0.5, 0.6) is 0 Å². The Labute approximate surface area is 379 Å². The molecule has 0 N–H and O–H groups in total. The highest BCUT2D eigenvalue weighted by atomic mass is 32.1. The lowest BCUT2D eigenvalue weighted by Crippen LogP contribution is -2.28. The summed E-state index contributed by atoms with van der Waals surface area (Å²) in [6.07, 6.45) is 15.3. The molecule has 0 bridgehead atoms. The van der Waals surface area contributed by atoms with Crippen LogP contribution in [-0.2, 0) is 10.8 Å². The molecule has 64 heavy (non-hydrogen) atoms. The van der Waals surface area contributed by atoms with Gasteiger partial charge in [-0.3, -0.25) is 0 Å². The molecule has 1 fully saturated rings. The number of hydrogen-bond acceptors (Lipinski definition) is 4. The summed E-state index contributed by atoms with van der Waals surface area (Å²) in [7, 11) is 0. The van der Waals surface area contributed by atoms with E-state index >= 15 is 0 Å². The van der Waals surface area contributed by atoms with Gasteiger partial charge < -0.3 is 0 Å². The lowest BCUT2D eigenvalue weighted by Gasteiger charge is -2.36. The first-order valence-electron chi connectivity index (χ1n) is 23.1. The second kappa shape index (κ2) is 14.4. The van der Waals surface area contributed by atoms with Gasteiger partial charge in [-0.25, -0.2) is 15.0 Å². The van der Waals surface area contributed by atoms with Crippen molar-refractivity contribution in [3.63, 3.8) is 0 Å². The van der Waals surface area contributed by atoms with Gasteiger partial charge in [0.2, 0.25) is 0 Å². The Hall–Kier alpha value is -6.75. The number of thiophene rings is 1. The van der Waals surface area contributed by atoms with Crippen LogP contribution in [-0.4, -0.2) is 15.0 Å². The van der Waals surface area contributed by atoms with Crippen molar-refractivity contribution in [3.05, 3.63) is 192 Å². The van der Waals surface area contributed by atoms with Crippen LogP contribution >= 0.6 is 11.3 Å². The number of aromatic nitrogens is 3. The molecule has 0 atom stereocenters. The maximum atomic E-state index is 5.21. The molecule has 0 unspecified atom stereocenters. The maximum Gasteiger partial charge on any atom is 0.165 e. The van der Waals surface area contributed by atoms with Crippen LogP contribution in [0, 0.1) is 0 Å². The second-order valence-corrected chi connectivity index (χ2v) is 20.0. The van der Waals surface area contributed by atoms with E-state index in [1.807, 2.05) is 29.5 Å². The van der Waals surface area contributed by atoms with Gasteiger partial charge in [0.1, 0.15) is 0 Å². The van der Waals surface area contributed by atoms with Gasteiger partial charge in [-0.2, -0.15) is 0 Å². The molecular weight excluding hydrogens is 795 g/mol. The minimum atomic E-state index is -0.0348. The number of allylic oxidation sites excluding steroid dienone is 4. The Balaban J connectivity index is 0.917. The molecule has 0 radical (unpaired) electrons. The summed E-state index contributed by atoms with van der Waals surface area (Å²) < 4.78 is 2.45. The van der Waals surface area contributed by atoms with Crippen molar-refractivity contribution >= 4 is 37.1 Å². The Morgan fingerprint density at radius 3 is 1.92 bits per heavy atom. The third kappa shape index (κ3) is 5.74. The normalized spacial score (nSPS) is 16.4. The van der Waals surface area contributed by atoms with Gasteiger partial charge in [-0.15, -0.1) is 11.3 Å². The van der Waals surface area contributed by atoms with E-state index in [2.05, 4.69) is 159 Å². The molecule has 9 aromatic rings. The molecular formula is C60H47N3S. The van der Waals surface area contributed by atoms with Crippen molar-refractivity contribution in [2.75, 3.05) is 0 Å². The number of benzene rings is 7. The first-order chi connectivity index (χ1) is 31.4. The van der Waals surface area contributed by atoms with Crippen molar-refractivity contribution < 1.29 is 0 Å². The van der Waals surface area contributed by atoms with Gasteiger partial charge in [0.15, 0.2) is 17.5 Å². The fourth-order valence-electron chi connectivity index (χ4n) is 11.7. The number of hydrogen-bond donors (Lipinski definition) is 0. The topological polar surface area (TPSA) is 38.7 Å².